The normalized spacial score (nSPS) is 9.31. The highest BCUT2D eigenvalue weighted by molar-refractivity contribution is 7.10. The number of nitriles is 1. The maximum atomic E-state index is 11.2. The Labute approximate surface area is 80.6 Å². The molecule has 0 atom stereocenters. The van der Waals surface area contributed by atoms with Crippen molar-refractivity contribution < 1.29 is 9.53 Å². The van der Waals surface area contributed by atoms with E-state index in [0.717, 1.165) is 11.3 Å². The predicted octanol–water partition coefficient (Wildman–Crippen LogP) is 1.91. The zero-order valence-electron chi connectivity index (χ0n) is 7.38. The lowest BCUT2D eigenvalue weighted by Gasteiger charge is -1.98. The van der Waals surface area contributed by atoms with E-state index in [-0.39, 0.29) is 0 Å². The van der Waals surface area contributed by atoms with Crippen molar-refractivity contribution in [3.8, 4) is 6.07 Å². The lowest BCUT2D eigenvalue weighted by Crippen LogP contribution is -2.04. The fraction of sp³-hybridized carbons (Fsp3) is 0.333. The van der Waals surface area contributed by atoms with E-state index in [9.17, 15) is 4.79 Å². The number of hydrogen-bond acceptors (Lipinski definition) is 4. The van der Waals surface area contributed by atoms with Crippen LogP contribution in [0.3, 0.4) is 0 Å². The van der Waals surface area contributed by atoms with Crippen LogP contribution in [-0.4, -0.2) is 12.6 Å². The maximum Gasteiger partial charge on any atom is 0.339 e. The van der Waals surface area contributed by atoms with Crippen LogP contribution in [0, 0.1) is 23.6 Å². The lowest BCUT2D eigenvalue weighted by molar-refractivity contribution is 0.0526. The van der Waals surface area contributed by atoms with Gasteiger partial charge in [-0.1, -0.05) is 0 Å². The maximum absolute atomic E-state index is 11.2. The van der Waals surface area contributed by atoms with Gasteiger partial charge in [0.25, 0.3) is 0 Å². The minimum Gasteiger partial charge on any atom is -0.462 e. The molecule has 0 aliphatic heterocycles. The van der Waals surface area contributed by atoms with E-state index in [0.29, 0.717) is 22.6 Å². The Balaban J connectivity index is 2.97. The number of rotatable bonds is 2. The van der Waals surface area contributed by atoms with Crippen LogP contribution in [0.2, 0.25) is 0 Å². The quantitative estimate of drug-likeness (QED) is 0.675. The highest BCUT2D eigenvalue weighted by Crippen LogP contribution is 2.20. The molecule has 0 aliphatic carbocycles. The van der Waals surface area contributed by atoms with Gasteiger partial charge in [-0.2, -0.15) is 5.26 Å². The zero-order chi connectivity index (χ0) is 9.84. The van der Waals surface area contributed by atoms with E-state index in [2.05, 4.69) is 5.38 Å². The van der Waals surface area contributed by atoms with E-state index in [1.54, 1.807) is 13.8 Å². The van der Waals surface area contributed by atoms with Crippen LogP contribution < -0.4 is 0 Å². The molecule has 3 nitrogen and oxygen atoms in total. The monoisotopic (exact) mass is 194 g/mol. The summed E-state index contributed by atoms with van der Waals surface area (Å²) in [6.45, 7) is 3.80. The van der Waals surface area contributed by atoms with Crippen molar-refractivity contribution in [1.29, 1.82) is 5.26 Å². The molecular formula is C9H8NO2S. The van der Waals surface area contributed by atoms with Gasteiger partial charge >= 0.3 is 5.97 Å². The number of carbonyl (C=O) groups excluding carboxylic acids is 1. The van der Waals surface area contributed by atoms with E-state index in [1.165, 1.54) is 0 Å². The van der Waals surface area contributed by atoms with Gasteiger partial charge in [0.2, 0.25) is 0 Å². The predicted molar refractivity (Wildman–Crippen MR) is 48.6 cm³/mol. The second-order valence-electron chi connectivity index (χ2n) is 2.37. The molecule has 1 radical (unpaired) electrons. The minimum atomic E-state index is -0.405. The molecule has 13 heavy (non-hydrogen) atoms. The molecule has 0 aliphatic rings. The van der Waals surface area contributed by atoms with Gasteiger partial charge in [-0.05, 0) is 19.4 Å². The van der Waals surface area contributed by atoms with Crippen molar-refractivity contribution in [1.82, 2.24) is 0 Å². The molecule has 0 saturated heterocycles. The van der Waals surface area contributed by atoms with Gasteiger partial charge in [-0.25, -0.2) is 4.79 Å². The number of thiophene rings is 1. The first kappa shape index (κ1) is 9.75. The zero-order valence-corrected chi connectivity index (χ0v) is 8.20. The second-order valence-corrected chi connectivity index (χ2v) is 3.18. The summed E-state index contributed by atoms with van der Waals surface area (Å²) in [6, 6.07) is 1.99. The Hall–Kier alpha value is -1.34. The molecule has 1 aromatic heterocycles. The number of esters is 1. The molecule has 0 spiro atoms. The molecular weight excluding hydrogens is 186 g/mol. The molecule has 1 aromatic rings. The van der Waals surface area contributed by atoms with E-state index in [4.69, 9.17) is 10.00 Å². The summed E-state index contributed by atoms with van der Waals surface area (Å²) in [5.74, 6) is -0.405. The van der Waals surface area contributed by atoms with Gasteiger partial charge in [-0.3, -0.25) is 0 Å². The molecule has 1 rings (SSSR count). The van der Waals surface area contributed by atoms with Gasteiger partial charge < -0.3 is 4.74 Å². The van der Waals surface area contributed by atoms with Crippen molar-refractivity contribution in [3.05, 3.63) is 21.4 Å². The summed E-state index contributed by atoms with van der Waals surface area (Å²) in [6.07, 6.45) is 0. The Morgan fingerprint density at radius 2 is 2.46 bits per heavy atom. The third-order valence-corrected chi connectivity index (χ3v) is 2.46. The van der Waals surface area contributed by atoms with Gasteiger partial charge in [0.05, 0.1) is 17.6 Å². The van der Waals surface area contributed by atoms with Crippen molar-refractivity contribution in [3.63, 3.8) is 0 Å². The first-order chi connectivity index (χ1) is 6.20. The molecule has 0 amide bonds. The van der Waals surface area contributed by atoms with Crippen molar-refractivity contribution in [2.45, 2.75) is 13.8 Å². The fourth-order valence-corrected chi connectivity index (χ4v) is 1.61. The highest BCUT2D eigenvalue weighted by atomic mass is 32.1. The van der Waals surface area contributed by atoms with Crippen molar-refractivity contribution in [2.75, 3.05) is 6.61 Å². The smallest absolute Gasteiger partial charge is 0.339 e. The summed E-state index contributed by atoms with van der Waals surface area (Å²) >= 11 is 1.14. The Bertz CT molecular complexity index is 362. The molecule has 1 heterocycles. The van der Waals surface area contributed by atoms with E-state index >= 15 is 0 Å². The van der Waals surface area contributed by atoms with Gasteiger partial charge in [-0.15, -0.1) is 11.3 Å². The number of ether oxygens (including phenoxy) is 1. The number of hydrogen-bond donors (Lipinski definition) is 0. The largest absolute Gasteiger partial charge is 0.462 e. The third-order valence-electron chi connectivity index (χ3n) is 1.55. The highest BCUT2D eigenvalue weighted by Gasteiger charge is 2.15. The second kappa shape index (κ2) is 4.06. The minimum absolute atomic E-state index is 0.337. The summed E-state index contributed by atoms with van der Waals surface area (Å²) in [4.78, 5) is 11.8. The van der Waals surface area contributed by atoms with Crippen molar-refractivity contribution in [2.24, 2.45) is 0 Å². The first-order valence-corrected chi connectivity index (χ1v) is 4.60. The summed E-state index contributed by atoms with van der Waals surface area (Å²) in [5, 5.41) is 11.4. The van der Waals surface area contributed by atoms with E-state index in [1.807, 2.05) is 6.07 Å². The fourth-order valence-electron chi connectivity index (χ4n) is 0.873. The van der Waals surface area contributed by atoms with Crippen LogP contribution in [-0.2, 0) is 4.74 Å². The average Bonchev–Trinajstić information content (AvgIpc) is 2.47. The molecule has 0 fully saturated rings. The third kappa shape index (κ3) is 1.87. The Morgan fingerprint density at radius 1 is 1.77 bits per heavy atom. The number of carbonyl (C=O) groups is 1. The molecule has 0 aromatic carbocycles. The van der Waals surface area contributed by atoms with E-state index < -0.39 is 5.97 Å². The van der Waals surface area contributed by atoms with Gasteiger partial charge in [0.1, 0.15) is 10.9 Å². The van der Waals surface area contributed by atoms with Crippen LogP contribution in [0.4, 0.5) is 0 Å². The average molecular weight is 194 g/mol. The molecule has 0 unspecified atom stereocenters. The van der Waals surface area contributed by atoms with Gasteiger partial charge in [0.15, 0.2) is 0 Å². The summed E-state index contributed by atoms with van der Waals surface area (Å²) in [7, 11) is 0. The molecule has 0 bridgehead atoms. The summed E-state index contributed by atoms with van der Waals surface area (Å²) in [5.41, 5.74) is 1.04. The molecule has 67 valence electrons. The van der Waals surface area contributed by atoms with Crippen LogP contribution in [0.25, 0.3) is 0 Å². The van der Waals surface area contributed by atoms with Crippen LogP contribution in [0.15, 0.2) is 0 Å². The van der Waals surface area contributed by atoms with Crippen LogP contribution >= 0.6 is 11.3 Å². The van der Waals surface area contributed by atoms with Crippen molar-refractivity contribution >= 4 is 17.3 Å². The van der Waals surface area contributed by atoms with Crippen LogP contribution in [0.5, 0.6) is 0 Å². The topological polar surface area (TPSA) is 50.1 Å². The lowest BCUT2D eigenvalue weighted by atomic mass is 10.2. The SMILES string of the molecule is CCOC(=O)c1[c]sc(C#N)c1C. The van der Waals surface area contributed by atoms with Crippen LogP contribution in [0.1, 0.15) is 27.7 Å². The summed E-state index contributed by atoms with van der Waals surface area (Å²) < 4.78 is 4.79. The van der Waals surface area contributed by atoms with Gasteiger partial charge in [0, 0.05) is 0 Å². The Kier molecular flexibility index (Phi) is 3.04. The number of nitrogens with zero attached hydrogens (tertiary/aromatic N) is 1. The molecule has 4 heteroatoms. The molecule has 0 saturated carbocycles. The Morgan fingerprint density at radius 3 is 2.92 bits per heavy atom. The molecule has 0 N–H and O–H groups in total. The standard InChI is InChI=1S/C9H8NO2S/c1-3-12-9(11)7-5-13-8(4-10)6(7)2/h3H2,1-2H3. The first-order valence-electron chi connectivity index (χ1n) is 3.79.